The molecule has 0 N–H and O–H groups in total. The SMILES string of the molecule is O=Cc1c(-c2cccnc2)nc2n1CCS2. The minimum Gasteiger partial charge on any atom is -0.315 e. The topological polar surface area (TPSA) is 47.8 Å². The fourth-order valence-corrected chi connectivity index (χ4v) is 2.79. The Morgan fingerprint density at radius 1 is 1.50 bits per heavy atom. The van der Waals surface area contributed by atoms with Gasteiger partial charge in [0.25, 0.3) is 0 Å². The minimum atomic E-state index is 0.660. The number of fused-ring (bicyclic) bond motifs is 1. The first-order chi connectivity index (χ1) is 7.90. The molecule has 0 aliphatic carbocycles. The molecule has 0 aromatic carbocycles. The molecule has 2 aromatic heterocycles. The van der Waals surface area contributed by atoms with Crippen LogP contribution in [0.3, 0.4) is 0 Å². The zero-order valence-electron chi connectivity index (χ0n) is 8.46. The van der Waals surface area contributed by atoms with E-state index in [0.717, 1.165) is 35.0 Å². The summed E-state index contributed by atoms with van der Waals surface area (Å²) in [6.07, 6.45) is 4.32. The lowest BCUT2D eigenvalue weighted by Crippen LogP contribution is -2.00. The van der Waals surface area contributed by atoms with E-state index in [4.69, 9.17) is 0 Å². The van der Waals surface area contributed by atoms with E-state index in [-0.39, 0.29) is 0 Å². The van der Waals surface area contributed by atoms with Crippen LogP contribution >= 0.6 is 11.8 Å². The van der Waals surface area contributed by atoms with Crippen LogP contribution in [0.1, 0.15) is 10.5 Å². The summed E-state index contributed by atoms with van der Waals surface area (Å²) >= 11 is 1.69. The molecular weight excluding hydrogens is 222 g/mol. The Hall–Kier alpha value is -1.62. The molecule has 5 heteroatoms. The lowest BCUT2D eigenvalue weighted by atomic mass is 10.2. The Kier molecular flexibility index (Phi) is 2.25. The lowest BCUT2D eigenvalue weighted by molar-refractivity contribution is 0.111. The maximum absolute atomic E-state index is 11.1. The summed E-state index contributed by atoms with van der Waals surface area (Å²) in [6.45, 7) is 0.862. The maximum Gasteiger partial charge on any atom is 0.169 e. The number of pyridine rings is 1. The summed E-state index contributed by atoms with van der Waals surface area (Å²) in [5.74, 6) is 0.997. The highest BCUT2D eigenvalue weighted by Gasteiger charge is 2.21. The van der Waals surface area contributed by atoms with Crippen LogP contribution in [0.5, 0.6) is 0 Å². The first-order valence-corrected chi connectivity index (χ1v) is 5.97. The molecule has 2 aromatic rings. The molecule has 0 fully saturated rings. The number of aromatic nitrogens is 3. The number of carbonyl (C=O) groups excluding carboxylic acids is 1. The predicted molar refractivity (Wildman–Crippen MR) is 61.6 cm³/mol. The average Bonchev–Trinajstić information content (AvgIpc) is 2.89. The van der Waals surface area contributed by atoms with Gasteiger partial charge in [-0.25, -0.2) is 4.98 Å². The number of nitrogens with zero attached hydrogens (tertiary/aromatic N) is 3. The molecule has 3 rings (SSSR count). The van der Waals surface area contributed by atoms with Gasteiger partial charge < -0.3 is 4.57 Å². The van der Waals surface area contributed by atoms with Crippen molar-refractivity contribution in [3.8, 4) is 11.3 Å². The number of aldehydes is 1. The molecule has 0 spiro atoms. The first-order valence-electron chi connectivity index (χ1n) is 4.99. The quantitative estimate of drug-likeness (QED) is 0.740. The van der Waals surface area contributed by atoms with Crippen LogP contribution in [0.15, 0.2) is 29.7 Å². The molecule has 0 bridgehead atoms. The first kappa shape index (κ1) is 9.59. The van der Waals surface area contributed by atoms with Gasteiger partial charge in [0.15, 0.2) is 11.4 Å². The highest BCUT2D eigenvalue weighted by Crippen LogP contribution is 2.31. The Morgan fingerprint density at radius 3 is 3.19 bits per heavy atom. The second-order valence-electron chi connectivity index (χ2n) is 3.49. The van der Waals surface area contributed by atoms with Crippen LogP contribution in [0.4, 0.5) is 0 Å². The van der Waals surface area contributed by atoms with Crippen LogP contribution in [0, 0.1) is 0 Å². The van der Waals surface area contributed by atoms with Crippen molar-refractivity contribution in [2.45, 2.75) is 11.7 Å². The summed E-state index contributed by atoms with van der Waals surface area (Å²) in [4.78, 5) is 19.7. The molecule has 0 radical (unpaired) electrons. The third kappa shape index (κ3) is 1.36. The Labute approximate surface area is 96.7 Å². The highest BCUT2D eigenvalue weighted by molar-refractivity contribution is 7.99. The van der Waals surface area contributed by atoms with E-state index in [9.17, 15) is 4.79 Å². The molecule has 0 saturated heterocycles. The fraction of sp³-hybridized carbons (Fsp3) is 0.182. The smallest absolute Gasteiger partial charge is 0.169 e. The van der Waals surface area contributed by atoms with Gasteiger partial charge in [0.2, 0.25) is 0 Å². The molecule has 3 heterocycles. The Bertz CT molecular complexity index is 536. The van der Waals surface area contributed by atoms with Crippen molar-refractivity contribution in [1.29, 1.82) is 0 Å². The van der Waals surface area contributed by atoms with Crippen LogP contribution < -0.4 is 0 Å². The monoisotopic (exact) mass is 231 g/mol. The van der Waals surface area contributed by atoms with Gasteiger partial charge in [-0.1, -0.05) is 11.8 Å². The summed E-state index contributed by atoms with van der Waals surface area (Å²) in [5.41, 5.74) is 2.30. The summed E-state index contributed by atoms with van der Waals surface area (Å²) in [6, 6.07) is 3.77. The number of rotatable bonds is 2. The van der Waals surface area contributed by atoms with Gasteiger partial charge in [-0.15, -0.1) is 0 Å². The maximum atomic E-state index is 11.1. The van der Waals surface area contributed by atoms with Crippen molar-refractivity contribution in [3.63, 3.8) is 0 Å². The van der Waals surface area contributed by atoms with Crippen LogP contribution in [-0.4, -0.2) is 26.6 Å². The molecule has 1 aliphatic rings. The van der Waals surface area contributed by atoms with Crippen molar-refractivity contribution in [2.24, 2.45) is 0 Å². The van der Waals surface area contributed by atoms with Gasteiger partial charge in [0.1, 0.15) is 11.4 Å². The van der Waals surface area contributed by atoms with Gasteiger partial charge in [-0.3, -0.25) is 9.78 Å². The van der Waals surface area contributed by atoms with Crippen molar-refractivity contribution < 1.29 is 4.79 Å². The summed E-state index contributed by atoms with van der Waals surface area (Å²) in [7, 11) is 0. The Morgan fingerprint density at radius 2 is 2.44 bits per heavy atom. The number of carbonyl (C=O) groups is 1. The molecule has 4 nitrogen and oxygen atoms in total. The van der Waals surface area contributed by atoms with Crippen molar-refractivity contribution in [1.82, 2.24) is 14.5 Å². The van der Waals surface area contributed by atoms with Crippen LogP contribution in [0.2, 0.25) is 0 Å². The molecule has 0 amide bonds. The van der Waals surface area contributed by atoms with Crippen molar-refractivity contribution in [3.05, 3.63) is 30.2 Å². The standard InChI is InChI=1S/C11H9N3OS/c15-7-9-10(8-2-1-3-12-6-8)13-11-14(9)4-5-16-11/h1-3,6-7H,4-5H2. The van der Waals surface area contributed by atoms with E-state index in [0.29, 0.717) is 5.69 Å². The van der Waals surface area contributed by atoms with Crippen molar-refractivity contribution in [2.75, 3.05) is 5.75 Å². The number of thioether (sulfide) groups is 1. The van der Waals surface area contributed by atoms with Crippen LogP contribution in [0.25, 0.3) is 11.3 Å². The molecule has 80 valence electrons. The zero-order chi connectivity index (χ0) is 11.0. The number of imidazole rings is 1. The van der Waals surface area contributed by atoms with Crippen LogP contribution in [-0.2, 0) is 6.54 Å². The molecule has 0 unspecified atom stereocenters. The van der Waals surface area contributed by atoms with Gasteiger partial charge in [-0.05, 0) is 12.1 Å². The van der Waals surface area contributed by atoms with E-state index in [1.165, 1.54) is 0 Å². The third-order valence-corrected chi connectivity index (χ3v) is 3.52. The largest absolute Gasteiger partial charge is 0.315 e. The fourth-order valence-electron chi connectivity index (χ4n) is 1.83. The second kappa shape index (κ2) is 3.75. The zero-order valence-corrected chi connectivity index (χ0v) is 9.28. The summed E-state index contributed by atoms with van der Waals surface area (Å²) < 4.78 is 1.97. The van der Waals surface area contributed by atoms with E-state index < -0.39 is 0 Å². The van der Waals surface area contributed by atoms with Gasteiger partial charge in [0.05, 0.1) is 0 Å². The average molecular weight is 231 g/mol. The third-order valence-electron chi connectivity index (χ3n) is 2.56. The molecular formula is C11H9N3OS. The molecule has 0 saturated carbocycles. The van der Waals surface area contributed by atoms with E-state index in [1.807, 2.05) is 16.7 Å². The normalized spacial score (nSPS) is 13.8. The van der Waals surface area contributed by atoms with Gasteiger partial charge in [-0.2, -0.15) is 0 Å². The Balaban J connectivity index is 2.19. The number of hydrogen-bond donors (Lipinski definition) is 0. The van der Waals surface area contributed by atoms with Crippen molar-refractivity contribution >= 4 is 18.0 Å². The van der Waals surface area contributed by atoms with E-state index >= 15 is 0 Å². The lowest BCUT2D eigenvalue weighted by Gasteiger charge is -1.99. The van der Waals surface area contributed by atoms with Gasteiger partial charge >= 0.3 is 0 Å². The molecule has 1 aliphatic heterocycles. The molecule has 0 atom stereocenters. The van der Waals surface area contributed by atoms with E-state index in [1.54, 1.807) is 24.2 Å². The number of hydrogen-bond acceptors (Lipinski definition) is 4. The highest BCUT2D eigenvalue weighted by atomic mass is 32.2. The van der Waals surface area contributed by atoms with Gasteiger partial charge in [0, 0.05) is 30.3 Å². The molecule has 16 heavy (non-hydrogen) atoms. The minimum absolute atomic E-state index is 0.660. The summed E-state index contributed by atoms with van der Waals surface area (Å²) in [5, 5.41) is 0.931. The predicted octanol–water partition coefficient (Wildman–Crippen LogP) is 1.86. The second-order valence-corrected chi connectivity index (χ2v) is 4.55. The van der Waals surface area contributed by atoms with E-state index in [2.05, 4.69) is 9.97 Å².